The highest BCUT2D eigenvalue weighted by Crippen LogP contribution is 2.44. The molecule has 3 heterocycles. The van der Waals surface area contributed by atoms with Gasteiger partial charge in [0, 0.05) is 29.1 Å². The summed E-state index contributed by atoms with van der Waals surface area (Å²) in [4.78, 5) is 28.5. The molecule has 1 amide bonds. The van der Waals surface area contributed by atoms with E-state index in [9.17, 15) is 9.59 Å². The summed E-state index contributed by atoms with van der Waals surface area (Å²) >= 11 is 6.03. The molecule has 0 unspecified atom stereocenters. The van der Waals surface area contributed by atoms with Gasteiger partial charge in [-0.2, -0.15) is 0 Å². The van der Waals surface area contributed by atoms with E-state index < -0.39 is 5.60 Å². The van der Waals surface area contributed by atoms with Gasteiger partial charge in [0.15, 0.2) is 11.5 Å². The molecule has 1 fully saturated rings. The number of hydrogen-bond donors (Lipinski definition) is 0. The Morgan fingerprint density at radius 3 is 2.41 bits per heavy atom. The van der Waals surface area contributed by atoms with Crippen LogP contribution in [0.1, 0.15) is 71.1 Å². The van der Waals surface area contributed by atoms with E-state index in [2.05, 4.69) is 0 Å². The van der Waals surface area contributed by atoms with Gasteiger partial charge < -0.3 is 14.1 Å². The van der Waals surface area contributed by atoms with Gasteiger partial charge in [0.2, 0.25) is 0 Å². The van der Waals surface area contributed by atoms with Crippen molar-refractivity contribution in [3.63, 3.8) is 0 Å². The van der Waals surface area contributed by atoms with Crippen LogP contribution in [0.2, 0.25) is 5.02 Å². The third kappa shape index (κ3) is 3.49. The topological polar surface area (TPSA) is 59.8 Å². The quantitative estimate of drug-likeness (QED) is 0.459. The molecule has 0 aliphatic carbocycles. The molecule has 2 aromatic carbocycles. The van der Waals surface area contributed by atoms with Crippen molar-refractivity contribution < 1.29 is 18.7 Å². The molecule has 32 heavy (non-hydrogen) atoms. The standard InChI is InChI=1S/C26H26ClNO4/c1-16-22-20(31-24(16)25(30)28-13-5-3-4-6-14-28)11-12-21-23(22)19(29)15-26(2,32-21)17-7-9-18(27)10-8-17/h7-12H,3-6,13-15H2,1-2H3/t26-/m0/s1. The van der Waals surface area contributed by atoms with Crippen molar-refractivity contribution in [2.24, 2.45) is 0 Å². The number of halogens is 1. The summed E-state index contributed by atoms with van der Waals surface area (Å²) in [6.07, 6.45) is 4.51. The summed E-state index contributed by atoms with van der Waals surface area (Å²) < 4.78 is 12.4. The van der Waals surface area contributed by atoms with E-state index in [1.54, 1.807) is 24.3 Å². The molecule has 1 aromatic heterocycles. The van der Waals surface area contributed by atoms with Crippen molar-refractivity contribution in [3.05, 3.63) is 63.9 Å². The minimum atomic E-state index is -0.787. The molecule has 2 aliphatic heterocycles. The second kappa shape index (κ2) is 7.96. The van der Waals surface area contributed by atoms with Crippen molar-refractivity contribution >= 4 is 34.3 Å². The van der Waals surface area contributed by atoms with Gasteiger partial charge in [-0.25, -0.2) is 0 Å². The molecular weight excluding hydrogens is 426 g/mol. The van der Waals surface area contributed by atoms with Crippen LogP contribution in [-0.4, -0.2) is 29.7 Å². The molecule has 5 nitrogen and oxygen atoms in total. The fourth-order valence-corrected chi connectivity index (χ4v) is 5.07. The first-order valence-corrected chi connectivity index (χ1v) is 11.6. The molecule has 0 bridgehead atoms. The fraction of sp³-hybridized carbons (Fsp3) is 0.385. The molecule has 2 aliphatic rings. The van der Waals surface area contributed by atoms with Crippen LogP contribution >= 0.6 is 11.6 Å². The average molecular weight is 452 g/mol. The van der Waals surface area contributed by atoms with Gasteiger partial charge >= 0.3 is 0 Å². The maximum atomic E-state index is 13.4. The minimum Gasteiger partial charge on any atom is -0.482 e. The molecule has 3 aromatic rings. The van der Waals surface area contributed by atoms with E-state index in [0.29, 0.717) is 38.6 Å². The highest BCUT2D eigenvalue weighted by Gasteiger charge is 2.40. The predicted octanol–water partition coefficient (Wildman–Crippen LogP) is 6.29. The van der Waals surface area contributed by atoms with Gasteiger partial charge in [0.05, 0.1) is 12.0 Å². The van der Waals surface area contributed by atoms with Crippen LogP contribution in [0, 0.1) is 6.92 Å². The molecule has 0 saturated carbocycles. The van der Waals surface area contributed by atoms with Crippen molar-refractivity contribution in [1.82, 2.24) is 4.90 Å². The largest absolute Gasteiger partial charge is 0.482 e. The number of nitrogens with zero attached hydrogens (tertiary/aromatic N) is 1. The second-order valence-electron chi connectivity index (χ2n) is 9.01. The van der Waals surface area contributed by atoms with Crippen molar-refractivity contribution in [2.45, 2.75) is 51.6 Å². The van der Waals surface area contributed by atoms with Crippen LogP contribution in [-0.2, 0) is 5.60 Å². The first-order chi connectivity index (χ1) is 15.4. The summed E-state index contributed by atoms with van der Waals surface area (Å²) in [5.74, 6) is 0.731. The molecule has 5 rings (SSSR count). The Bertz CT molecular complexity index is 1200. The summed E-state index contributed by atoms with van der Waals surface area (Å²) in [5, 5.41) is 1.32. The zero-order valence-electron chi connectivity index (χ0n) is 18.4. The van der Waals surface area contributed by atoms with E-state index in [-0.39, 0.29) is 18.1 Å². The van der Waals surface area contributed by atoms with Gasteiger partial charge in [-0.15, -0.1) is 0 Å². The van der Waals surface area contributed by atoms with Crippen molar-refractivity contribution in [2.75, 3.05) is 13.1 Å². The van der Waals surface area contributed by atoms with Crippen LogP contribution < -0.4 is 4.74 Å². The number of amides is 1. The van der Waals surface area contributed by atoms with Crippen LogP contribution in [0.5, 0.6) is 5.75 Å². The van der Waals surface area contributed by atoms with Crippen LogP contribution in [0.15, 0.2) is 40.8 Å². The molecular formula is C26H26ClNO4. The monoisotopic (exact) mass is 451 g/mol. The van der Waals surface area contributed by atoms with E-state index in [1.165, 1.54) is 0 Å². The third-order valence-electron chi connectivity index (χ3n) is 6.71. The van der Waals surface area contributed by atoms with Gasteiger partial charge in [-0.3, -0.25) is 9.59 Å². The molecule has 0 spiro atoms. The Labute approximate surface area is 192 Å². The normalized spacial score (nSPS) is 21.2. The summed E-state index contributed by atoms with van der Waals surface area (Å²) in [6, 6.07) is 10.9. The maximum Gasteiger partial charge on any atom is 0.289 e. The number of rotatable bonds is 2. The molecule has 1 atom stereocenters. The lowest BCUT2D eigenvalue weighted by Gasteiger charge is -2.35. The lowest BCUT2D eigenvalue weighted by Crippen LogP contribution is -2.36. The number of benzene rings is 2. The van der Waals surface area contributed by atoms with E-state index in [4.69, 9.17) is 20.8 Å². The molecule has 0 N–H and O–H groups in total. The Kier molecular flexibility index (Phi) is 5.25. The maximum absolute atomic E-state index is 13.4. The zero-order valence-corrected chi connectivity index (χ0v) is 19.1. The Morgan fingerprint density at radius 1 is 1.03 bits per heavy atom. The molecule has 1 saturated heterocycles. The van der Waals surface area contributed by atoms with Crippen LogP contribution in [0.4, 0.5) is 0 Å². The predicted molar refractivity (Wildman–Crippen MR) is 124 cm³/mol. The smallest absolute Gasteiger partial charge is 0.289 e. The SMILES string of the molecule is Cc1c(C(=O)N2CCCCCC2)oc2ccc3c(c12)C(=O)C[C@@](C)(c1ccc(Cl)cc1)O3. The number of carbonyl (C=O) groups is 2. The number of aryl methyl sites for hydroxylation is 1. The first-order valence-electron chi connectivity index (χ1n) is 11.2. The Balaban J connectivity index is 1.55. The van der Waals surface area contributed by atoms with Crippen LogP contribution in [0.25, 0.3) is 11.0 Å². The second-order valence-corrected chi connectivity index (χ2v) is 9.45. The third-order valence-corrected chi connectivity index (χ3v) is 6.96. The number of hydrogen-bond acceptors (Lipinski definition) is 4. The number of ether oxygens (including phenoxy) is 1. The highest BCUT2D eigenvalue weighted by atomic mass is 35.5. The van der Waals surface area contributed by atoms with E-state index in [0.717, 1.165) is 44.3 Å². The van der Waals surface area contributed by atoms with Crippen molar-refractivity contribution in [1.29, 1.82) is 0 Å². The first kappa shape index (κ1) is 21.1. The molecule has 166 valence electrons. The number of ketones is 1. The lowest BCUT2D eigenvalue weighted by atomic mass is 9.84. The van der Waals surface area contributed by atoms with E-state index in [1.807, 2.05) is 30.9 Å². The number of furan rings is 1. The van der Waals surface area contributed by atoms with Gasteiger partial charge in [-0.05, 0) is 56.5 Å². The Morgan fingerprint density at radius 2 is 1.72 bits per heavy atom. The van der Waals surface area contributed by atoms with Crippen LogP contribution in [0.3, 0.4) is 0 Å². The lowest BCUT2D eigenvalue weighted by molar-refractivity contribution is 0.0507. The van der Waals surface area contributed by atoms with Crippen molar-refractivity contribution in [3.8, 4) is 5.75 Å². The molecule has 6 heteroatoms. The minimum absolute atomic E-state index is 0.0213. The van der Waals surface area contributed by atoms with Gasteiger partial charge in [0.1, 0.15) is 16.9 Å². The number of Topliss-reactive ketones (excluding diaryl/α,β-unsaturated/α-hetero) is 1. The Hall–Kier alpha value is -2.79. The summed E-state index contributed by atoms with van der Waals surface area (Å²) in [6.45, 7) is 5.26. The van der Waals surface area contributed by atoms with Gasteiger partial charge in [-0.1, -0.05) is 36.6 Å². The van der Waals surface area contributed by atoms with E-state index >= 15 is 0 Å². The summed E-state index contributed by atoms with van der Waals surface area (Å²) in [5.41, 5.74) is 1.86. The molecule has 0 radical (unpaired) electrons. The number of likely N-dealkylation sites (tertiary alicyclic amines) is 1. The zero-order chi connectivity index (χ0) is 22.5. The fourth-order valence-electron chi connectivity index (χ4n) is 4.94. The number of carbonyl (C=O) groups excluding carboxylic acids is 2. The average Bonchev–Trinajstić information content (AvgIpc) is 2.93. The summed E-state index contributed by atoms with van der Waals surface area (Å²) in [7, 11) is 0. The van der Waals surface area contributed by atoms with Gasteiger partial charge in [0.25, 0.3) is 5.91 Å². The highest BCUT2D eigenvalue weighted by molar-refractivity contribution is 6.30. The number of fused-ring (bicyclic) bond motifs is 3.